The maximum absolute atomic E-state index is 14.9. The van der Waals surface area contributed by atoms with Crippen molar-refractivity contribution in [3.8, 4) is 17.6 Å². The summed E-state index contributed by atoms with van der Waals surface area (Å²) in [4.78, 5) is 12.7. The van der Waals surface area contributed by atoms with Crippen LogP contribution in [0.4, 0.5) is 8.78 Å². The number of ether oxygens (including phenoxy) is 2. The molecule has 0 aliphatic rings. The molecule has 0 aromatic heterocycles. The molecule has 0 aliphatic carbocycles. The third kappa shape index (κ3) is 5.94. The summed E-state index contributed by atoms with van der Waals surface area (Å²) < 4.78 is 40.6. The molecule has 1 unspecified atom stereocenters. The van der Waals surface area contributed by atoms with Crippen LogP contribution in [-0.2, 0) is 16.1 Å². The van der Waals surface area contributed by atoms with Gasteiger partial charge in [0.25, 0.3) is 5.91 Å². The van der Waals surface area contributed by atoms with Crippen molar-refractivity contribution in [3.05, 3.63) is 94.6 Å². The Morgan fingerprint density at radius 3 is 2.24 bits per heavy atom. The maximum Gasteiger partial charge on any atom is 0.254 e. The van der Waals surface area contributed by atoms with Gasteiger partial charge in [0.05, 0.1) is 17.2 Å². The van der Waals surface area contributed by atoms with Gasteiger partial charge in [-0.15, -0.1) is 0 Å². The van der Waals surface area contributed by atoms with Gasteiger partial charge in [0, 0.05) is 30.8 Å². The van der Waals surface area contributed by atoms with E-state index in [9.17, 15) is 13.6 Å². The van der Waals surface area contributed by atoms with Crippen LogP contribution in [0.1, 0.15) is 35.3 Å². The topological polar surface area (TPSA) is 121 Å². The number of nitrogen functional groups attached to an aromatic ring is 1. The van der Waals surface area contributed by atoms with E-state index in [-0.39, 0.29) is 24.7 Å². The van der Waals surface area contributed by atoms with Crippen molar-refractivity contribution < 1.29 is 23.0 Å². The van der Waals surface area contributed by atoms with E-state index in [4.69, 9.17) is 25.9 Å². The molecule has 7 nitrogen and oxygen atoms in total. The highest BCUT2D eigenvalue weighted by molar-refractivity contribution is 5.94. The molecule has 3 rings (SSSR count). The SMILES string of the molecule is CCOC(C(=O)NCc1ccc(C(=N)N)cc1)c1c(F)cc(Oc2ccc(C#N)cc2)cc1F. The first-order valence-electron chi connectivity index (χ1n) is 10.3. The van der Waals surface area contributed by atoms with Crippen LogP contribution < -0.4 is 15.8 Å². The lowest BCUT2D eigenvalue weighted by molar-refractivity contribution is -0.133. The van der Waals surface area contributed by atoms with Crippen molar-refractivity contribution >= 4 is 11.7 Å². The number of rotatable bonds is 9. The first-order chi connectivity index (χ1) is 16.3. The Hall–Kier alpha value is -4.29. The smallest absolute Gasteiger partial charge is 0.254 e. The van der Waals surface area contributed by atoms with Crippen LogP contribution in [0.3, 0.4) is 0 Å². The van der Waals surface area contributed by atoms with E-state index in [1.54, 1.807) is 31.2 Å². The van der Waals surface area contributed by atoms with E-state index in [0.717, 1.165) is 12.1 Å². The number of carbonyl (C=O) groups excluding carboxylic acids is 1. The third-order valence-corrected chi connectivity index (χ3v) is 4.84. The number of amidine groups is 1. The fourth-order valence-electron chi connectivity index (χ4n) is 3.14. The van der Waals surface area contributed by atoms with Crippen LogP contribution in [0.25, 0.3) is 0 Å². The number of carbonyl (C=O) groups is 1. The van der Waals surface area contributed by atoms with Crippen LogP contribution in [0, 0.1) is 28.4 Å². The molecule has 0 heterocycles. The van der Waals surface area contributed by atoms with Gasteiger partial charge in [-0.3, -0.25) is 10.2 Å². The van der Waals surface area contributed by atoms with E-state index in [1.807, 2.05) is 6.07 Å². The molecule has 3 aromatic carbocycles. The number of nitrogens with zero attached hydrogens (tertiary/aromatic N) is 1. The quantitative estimate of drug-likeness (QED) is 0.322. The molecular weight excluding hydrogens is 442 g/mol. The summed E-state index contributed by atoms with van der Waals surface area (Å²) in [6, 6.07) is 16.6. The number of amides is 1. The second-order valence-corrected chi connectivity index (χ2v) is 7.20. The van der Waals surface area contributed by atoms with Crippen molar-refractivity contribution in [1.82, 2.24) is 5.32 Å². The summed E-state index contributed by atoms with van der Waals surface area (Å²) in [5.74, 6) is -2.60. The zero-order valence-electron chi connectivity index (χ0n) is 18.3. The summed E-state index contributed by atoms with van der Waals surface area (Å²) >= 11 is 0. The molecule has 0 radical (unpaired) electrons. The molecule has 0 saturated heterocycles. The molecule has 174 valence electrons. The molecular formula is C25H22F2N4O3. The van der Waals surface area contributed by atoms with Crippen LogP contribution >= 0.6 is 0 Å². The van der Waals surface area contributed by atoms with Gasteiger partial charge in [-0.25, -0.2) is 8.78 Å². The van der Waals surface area contributed by atoms with Crippen LogP contribution in [-0.4, -0.2) is 18.3 Å². The molecule has 1 amide bonds. The van der Waals surface area contributed by atoms with E-state index in [1.165, 1.54) is 24.3 Å². The van der Waals surface area contributed by atoms with Crippen molar-refractivity contribution in [2.75, 3.05) is 6.61 Å². The van der Waals surface area contributed by atoms with E-state index in [0.29, 0.717) is 22.4 Å². The highest BCUT2D eigenvalue weighted by Gasteiger charge is 2.28. The van der Waals surface area contributed by atoms with Crippen LogP contribution in [0.15, 0.2) is 60.7 Å². The highest BCUT2D eigenvalue weighted by Crippen LogP contribution is 2.31. The van der Waals surface area contributed by atoms with Crippen molar-refractivity contribution in [2.45, 2.75) is 19.6 Å². The number of halogens is 2. The van der Waals surface area contributed by atoms with Gasteiger partial charge in [0.1, 0.15) is 29.0 Å². The molecule has 34 heavy (non-hydrogen) atoms. The summed E-state index contributed by atoms with van der Waals surface area (Å²) in [6.45, 7) is 1.75. The van der Waals surface area contributed by atoms with E-state index in [2.05, 4.69) is 5.32 Å². The predicted octanol–water partition coefficient (Wildman–Crippen LogP) is 4.31. The number of nitrogens with one attached hydrogen (secondary N) is 2. The van der Waals surface area contributed by atoms with Crippen LogP contribution in [0.2, 0.25) is 0 Å². The Balaban J connectivity index is 1.76. The lowest BCUT2D eigenvalue weighted by atomic mass is 10.1. The number of nitrogens with two attached hydrogens (primary N) is 1. The van der Waals surface area contributed by atoms with E-state index < -0.39 is 29.2 Å². The summed E-state index contributed by atoms with van der Waals surface area (Å²) in [7, 11) is 0. The van der Waals surface area contributed by atoms with Crippen molar-refractivity contribution in [3.63, 3.8) is 0 Å². The second kappa shape index (κ2) is 11.0. The highest BCUT2D eigenvalue weighted by atomic mass is 19.1. The number of nitriles is 1. The predicted molar refractivity (Wildman–Crippen MR) is 121 cm³/mol. The molecule has 1 atom stereocenters. The molecule has 3 aromatic rings. The summed E-state index contributed by atoms with van der Waals surface area (Å²) in [5, 5.41) is 18.9. The normalized spacial score (nSPS) is 11.4. The summed E-state index contributed by atoms with van der Waals surface area (Å²) in [6.07, 6.45) is -1.51. The minimum Gasteiger partial charge on any atom is -0.457 e. The lowest BCUT2D eigenvalue weighted by Crippen LogP contribution is -2.31. The Morgan fingerprint density at radius 2 is 1.71 bits per heavy atom. The fourth-order valence-corrected chi connectivity index (χ4v) is 3.14. The Labute approximate surface area is 195 Å². The monoisotopic (exact) mass is 464 g/mol. The largest absolute Gasteiger partial charge is 0.457 e. The first kappa shape index (κ1) is 24.4. The molecule has 0 aliphatic heterocycles. The Kier molecular flexibility index (Phi) is 7.90. The average molecular weight is 464 g/mol. The van der Waals surface area contributed by atoms with Gasteiger partial charge in [-0.1, -0.05) is 24.3 Å². The molecule has 0 saturated carbocycles. The van der Waals surface area contributed by atoms with Crippen molar-refractivity contribution in [1.29, 1.82) is 10.7 Å². The first-order valence-corrected chi connectivity index (χ1v) is 10.3. The second-order valence-electron chi connectivity index (χ2n) is 7.20. The third-order valence-electron chi connectivity index (χ3n) is 4.84. The molecule has 0 spiro atoms. The van der Waals surface area contributed by atoms with Gasteiger partial charge in [0.2, 0.25) is 0 Å². The minimum atomic E-state index is -1.51. The van der Waals surface area contributed by atoms with E-state index >= 15 is 0 Å². The maximum atomic E-state index is 14.9. The number of hydrogen-bond donors (Lipinski definition) is 3. The van der Waals surface area contributed by atoms with Gasteiger partial charge < -0.3 is 20.5 Å². The Morgan fingerprint density at radius 1 is 1.09 bits per heavy atom. The minimum absolute atomic E-state index is 0.0494. The molecule has 4 N–H and O–H groups in total. The zero-order chi connectivity index (χ0) is 24.7. The zero-order valence-corrected chi connectivity index (χ0v) is 18.3. The standard InChI is InChI=1S/C25H22F2N4O3/c1-2-33-23(25(32)31-14-16-3-7-17(8-4-16)24(29)30)22-20(26)11-19(12-21(22)27)34-18-9-5-15(13-28)6-10-18/h3-12,23H,2,14H2,1H3,(H3,29,30)(H,31,32). The molecule has 9 heteroatoms. The molecule has 0 fully saturated rings. The van der Waals surface area contributed by atoms with Gasteiger partial charge in [0.15, 0.2) is 6.10 Å². The molecule has 0 bridgehead atoms. The summed E-state index contributed by atoms with van der Waals surface area (Å²) in [5.41, 5.74) is 6.56. The number of benzene rings is 3. The van der Waals surface area contributed by atoms with Crippen LogP contribution in [0.5, 0.6) is 11.5 Å². The van der Waals surface area contributed by atoms with Gasteiger partial charge in [-0.2, -0.15) is 5.26 Å². The number of hydrogen-bond acceptors (Lipinski definition) is 5. The average Bonchev–Trinajstić information content (AvgIpc) is 2.82. The fraction of sp³-hybridized carbons (Fsp3) is 0.160. The Bertz CT molecular complexity index is 1200. The van der Waals surface area contributed by atoms with Gasteiger partial charge in [-0.05, 0) is 36.8 Å². The van der Waals surface area contributed by atoms with Gasteiger partial charge >= 0.3 is 0 Å². The van der Waals surface area contributed by atoms with Crippen molar-refractivity contribution in [2.24, 2.45) is 5.73 Å². The lowest BCUT2D eigenvalue weighted by Gasteiger charge is -2.19.